The summed E-state index contributed by atoms with van der Waals surface area (Å²) < 4.78 is 0. The van der Waals surface area contributed by atoms with Gasteiger partial charge in [-0.3, -0.25) is 4.79 Å². The summed E-state index contributed by atoms with van der Waals surface area (Å²) in [7, 11) is 0. The molecule has 1 aliphatic rings. The number of aliphatic carboxylic acids is 1. The monoisotopic (exact) mass is 290 g/mol. The minimum atomic E-state index is -1.13. The molecule has 2 N–H and O–H groups in total. The number of nitrogens with zero attached hydrogens (tertiary/aromatic N) is 1. The molecule has 3 rings (SSSR count). The zero-order chi connectivity index (χ0) is 14.3. The zero-order valence-electron chi connectivity index (χ0n) is 10.4. The van der Waals surface area contributed by atoms with Crippen LogP contribution in [0.1, 0.15) is 23.3 Å². The summed E-state index contributed by atoms with van der Waals surface area (Å²) in [6.45, 7) is 0. The first kappa shape index (κ1) is 12.9. The van der Waals surface area contributed by atoms with Crippen molar-refractivity contribution in [1.82, 2.24) is 10.3 Å². The molecule has 20 heavy (non-hydrogen) atoms. The second kappa shape index (κ2) is 4.45. The lowest BCUT2D eigenvalue weighted by atomic mass is 10.1. The number of hydrogen-bond acceptors (Lipinski definition) is 3. The Morgan fingerprint density at radius 2 is 2.00 bits per heavy atom. The Balaban J connectivity index is 1.94. The second-order valence-electron chi connectivity index (χ2n) is 4.86. The Morgan fingerprint density at radius 1 is 1.30 bits per heavy atom. The van der Waals surface area contributed by atoms with Crippen molar-refractivity contribution < 1.29 is 14.7 Å². The van der Waals surface area contributed by atoms with E-state index in [1.807, 2.05) is 24.3 Å². The first-order valence-corrected chi connectivity index (χ1v) is 6.51. The molecule has 1 aromatic heterocycles. The van der Waals surface area contributed by atoms with Gasteiger partial charge >= 0.3 is 5.97 Å². The highest BCUT2D eigenvalue weighted by molar-refractivity contribution is 6.34. The van der Waals surface area contributed by atoms with E-state index < -0.39 is 17.4 Å². The number of hydrogen-bond donors (Lipinski definition) is 2. The van der Waals surface area contributed by atoms with Gasteiger partial charge in [0.05, 0.1) is 0 Å². The average Bonchev–Trinajstić information content (AvgIpc) is 3.19. The van der Waals surface area contributed by atoms with E-state index >= 15 is 0 Å². The molecule has 1 amide bonds. The summed E-state index contributed by atoms with van der Waals surface area (Å²) in [6, 6.07) is 8.91. The maximum absolute atomic E-state index is 12.1. The molecule has 1 heterocycles. The quantitative estimate of drug-likeness (QED) is 0.850. The largest absolute Gasteiger partial charge is 0.480 e. The van der Waals surface area contributed by atoms with Crippen LogP contribution in [-0.4, -0.2) is 27.5 Å². The molecule has 1 saturated carbocycles. The maximum Gasteiger partial charge on any atom is 0.329 e. The third-order valence-electron chi connectivity index (χ3n) is 3.44. The summed E-state index contributed by atoms with van der Waals surface area (Å²) in [5.41, 5.74) is -1.00. The molecular formula is C14H11ClN2O3. The molecule has 1 aromatic carbocycles. The lowest BCUT2D eigenvalue weighted by Crippen LogP contribution is -2.43. The SMILES string of the molecule is O=C(NC1(C(=O)O)CC1)c1cc2ccccc2c(Cl)n1. The fourth-order valence-electron chi connectivity index (χ4n) is 2.07. The van der Waals surface area contributed by atoms with E-state index in [0.29, 0.717) is 12.8 Å². The van der Waals surface area contributed by atoms with Crippen molar-refractivity contribution in [1.29, 1.82) is 0 Å². The van der Waals surface area contributed by atoms with E-state index in [9.17, 15) is 9.59 Å². The number of rotatable bonds is 3. The Bertz CT molecular complexity index is 725. The third kappa shape index (κ3) is 2.10. The molecule has 0 aliphatic heterocycles. The molecule has 0 bridgehead atoms. The molecule has 102 valence electrons. The van der Waals surface area contributed by atoms with Crippen LogP contribution in [-0.2, 0) is 4.79 Å². The number of carbonyl (C=O) groups is 2. The fourth-order valence-corrected chi connectivity index (χ4v) is 2.33. The van der Waals surface area contributed by atoms with Crippen LogP contribution < -0.4 is 5.32 Å². The molecule has 0 unspecified atom stereocenters. The van der Waals surface area contributed by atoms with Gasteiger partial charge in [-0.2, -0.15) is 0 Å². The summed E-state index contributed by atoms with van der Waals surface area (Å²) in [4.78, 5) is 27.2. The second-order valence-corrected chi connectivity index (χ2v) is 5.22. The van der Waals surface area contributed by atoms with Gasteiger partial charge in [-0.1, -0.05) is 35.9 Å². The Hall–Kier alpha value is -2.14. The van der Waals surface area contributed by atoms with Crippen LogP contribution in [0, 0.1) is 0 Å². The number of nitrogens with one attached hydrogen (secondary N) is 1. The average molecular weight is 291 g/mol. The zero-order valence-corrected chi connectivity index (χ0v) is 11.1. The summed E-state index contributed by atoms with van der Waals surface area (Å²) in [6.07, 6.45) is 0.880. The van der Waals surface area contributed by atoms with Crippen LogP contribution >= 0.6 is 11.6 Å². The minimum Gasteiger partial charge on any atom is -0.480 e. The summed E-state index contributed by atoms with van der Waals surface area (Å²) in [5, 5.41) is 13.4. The topological polar surface area (TPSA) is 79.3 Å². The van der Waals surface area contributed by atoms with E-state index in [1.54, 1.807) is 6.07 Å². The van der Waals surface area contributed by atoms with Gasteiger partial charge in [0.25, 0.3) is 5.91 Å². The van der Waals surface area contributed by atoms with E-state index in [1.165, 1.54) is 0 Å². The van der Waals surface area contributed by atoms with Crippen LogP contribution in [0.15, 0.2) is 30.3 Å². The van der Waals surface area contributed by atoms with Crippen molar-refractivity contribution in [2.24, 2.45) is 0 Å². The van der Waals surface area contributed by atoms with Crippen molar-refractivity contribution in [2.75, 3.05) is 0 Å². The predicted octanol–water partition coefficient (Wildman–Crippen LogP) is 2.24. The van der Waals surface area contributed by atoms with Crippen molar-refractivity contribution in [3.8, 4) is 0 Å². The number of benzene rings is 1. The standard InChI is InChI=1S/C14H11ClN2O3/c15-11-9-4-2-1-3-8(9)7-10(16-11)12(18)17-14(5-6-14)13(19)20/h1-4,7H,5-6H2,(H,17,18)(H,19,20). The highest BCUT2D eigenvalue weighted by Gasteiger charge is 2.51. The normalized spacial score (nSPS) is 15.8. The molecule has 2 aromatic rings. The third-order valence-corrected chi connectivity index (χ3v) is 3.73. The summed E-state index contributed by atoms with van der Waals surface area (Å²) in [5.74, 6) is -1.53. The number of carboxylic acids is 1. The first-order valence-electron chi connectivity index (χ1n) is 6.13. The van der Waals surface area contributed by atoms with Crippen LogP contribution in [0.25, 0.3) is 10.8 Å². The predicted molar refractivity (Wildman–Crippen MR) is 73.8 cm³/mol. The van der Waals surface area contributed by atoms with Gasteiger partial charge in [-0.25, -0.2) is 9.78 Å². The van der Waals surface area contributed by atoms with Gasteiger partial charge in [0.15, 0.2) is 0 Å². The van der Waals surface area contributed by atoms with E-state index in [2.05, 4.69) is 10.3 Å². The van der Waals surface area contributed by atoms with Crippen LogP contribution in [0.4, 0.5) is 0 Å². The van der Waals surface area contributed by atoms with Crippen LogP contribution in [0.5, 0.6) is 0 Å². The van der Waals surface area contributed by atoms with Gasteiger partial charge < -0.3 is 10.4 Å². The molecule has 1 aliphatic carbocycles. The number of carboxylic acid groups (broad SMARTS) is 1. The minimum absolute atomic E-state index is 0.126. The van der Waals surface area contributed by atoms with E-state index in [-0.39, 0.29) is 10.8 Å². The van der Waals surface area contributed by atoms with Crippen LogP contribution in [0.2, 0.25) is 5.15 Å². The van der Waals surface area contributed by atoms with Gasteiger partial charge in [-0.05, 0) is 24.3 Å². The Labute approximate surface area is 119 Å². The van der Waals surface area contributed by atoms with Crippen molar-refractivity contribution >= 4 is 34.2 Å². The van der Waals surface area contributed by atoms with Gasteiger partial charge in [0.1, 0.15) is 16.4 Å². The number of halogens is 1. The molecule has 0 saturated heterocycles. The van der Waals surface area contributed by atoms with Crippen LogP contribution in [0.3, 0.4) is 0 Å². The number of pyridine rings is 1. The van der Waals surface area contributed by atoms with Gasteiger partial charge in [0.2, 0.25) is 0 Å². The lowest BCUT2D eigenvalue weighted by Gasteiger charge is -2.12. The number of fused-ring (bicyclic) bond motifs is 1. The smallest absolute Gasteiger partial charge is 0.329 e. The summed E-state index contributed by atoms with van der Waals surface area (Å²) >= 11 is 6.05. The van der Waals surface area contributed by atoms with Gasteiger partial charge in [0, 0.05) is 5.39 Å². The molecule has 1 fully saturated rings. The molecular weight excluding hydrogens is 280 g/mol. The molecule has 0 atom stereocenters. The van der Waals surface area contributed by atoms with Gasteiger partial charge in [-0.15, -0.1) is 0 Å². The highest BCUT2D eigenvalue weighted by Crippen LogP contribution is 2.35. The lowest BCUT2D eigenvalue weighted by molar-refractivity contribution is -0.140. The Morgan fingerprint density at radius 3 is 2.65 bits per heavy atom. The van der Waals surface area contributed by atoms with E-state index in [4.69, 9.17) is 16.7 Å². The van der Waals surface area contributed by atoms with Crippen molar-refractivity contribution in [2.45, 2.75) is 18.4 Å². The molecule has 5 nitrogen and oxygen atoms in total. The van der Waals surface area contributed by atoms with Crippen molar-refractivity contribution in [3.63, 3.8) is 0 Å². The van der Waals surface area contributed by atoms with Crippen molar-refractivity contribution in [3.05, 3.63) is 41.2 Å². The molecule has 6 heteroatoms. The maximum atomic E-state index is 12.1. The molecule has 0 spiro atoms. The number of aromatic nitrogens is 1. The van der Waals surface area contributed by atoms with E-state index in [0.717, 1.165) is 10.8 Å². The Kier molecular flexibility index (Phi) is 2.87. The number of carbonyl (C=O) groups excluding carboxylic acids is 1. The number of amides is 1. The fraction of sp³-hybridized carbons (Fsp3) is 0.214. The first-order chi connectivity index (χ1) is 9.52. The highest BCUT2D eigenvalue weighted by atomic mass is 35.5. The molecule has 0 radical (unpaired) electrons.